The number of nitrogens with zero attached hydrogens (tertiary/aromatic N) is 1. The molecular weight excluding hydrogens is 571 g/mol. The summed E-state index contributed by atoms with van der Waals surface area (Å²) in [4.78, 5) is 67.1. The Morgan fingerprint density at radius 1 is 1.05 bits per heavy atom. The largest absolute Gasteiger partial charge is 0.493 e. The fourth-order valence-electron chi connectivity index (χ4n) is 4.30. The molecule has 0 aliphatic carbocycles. The van der Waals surface area contributed by atoms with E-state index in [-0.39, 0.29) is 42.5 Å². The molecule has 2 unspecified atom stereocenters. The molecule has 0 saturated heterocycles. The lowest BCUT2D eigenvalue weighted by Gasteiger charge is -2.29. The highest BCUT2D eigenvalue weighted by atomic mass is 31.2. The van der Waals surface area contributed by atoms with E-state index in [1.165, 1.54) is 30.3 Å². The van der Waals surface area contributed by atoms with Gasteiger partial charge in [-0.2, -0.15) is 0 Å². The average Bonchev–Trinajstić information content (AvgIpc) is 3.45. The molecule has 42 heavy (non-hydrogen) atoms. The van der Waals surface area contributed by atoms with Gasteiger partial charge in [0, 0.05) is 5.56 Å². The zero-order valence-corrected chi connectivity index (χ0v) is 24.8. The number of rotatable bonds is 18. The molecule has 2 rings (SSSR count). The minimum Gasteiger partial charge on any atom is -0.493 e. The number of benzene rings is 1. The molecule has 0 fully saturated rings. The summed E-state index contributed by atoms with van der Waals surface area (Å²) < 4.78 is 22.3. The zero-order valence-electron chi connectivity index (χ0n) is 23.9. The van der Waals surface area contributed by atoms with Crippen LogP contribution in [0, 0.1) is 5.92 Å². The lowest BCUT2D eigenvalue weighted by molar-refractivity contribution is -0.168. The van der Waals surface area contributed by atoms with E-state index in [9.17, 15) is 29.0 Å². The van der Waals surface area contributed by atoms with E-state index in [2.05, 4.69) is 16.0 Å². The molecule has 232 valence electrons. The molecule has 2 aromatic rings. The van der Waals surface area contributed by atoms with Crippen molar-refractivity contribution >= 4 is 31.7 Å². The van der Waals surface area contributed by atoms with E-state index in [0.717, 1.165) is 19.3 Å². The van der Waals surface area contributed by atoms with Gasteiger partial charge in [-0.05, 0) is 44.0 Å². The van der Waals surface area contributed by atoms with Crippen LogP contribution in [0.25, 0.3) is 11.3 Å². The second kappa shape index (κ2) is 16.7. The normalized spacial score (nSPS) is 12.6. The van der Waals surface area contributed by atoms with Crippen molar-refractivity contribution in [1.29, 1.82) is 0 Å². The van der Waals surface area contributed by atoms with E-state index < -0.39 is 43.6 Å². The van der Waals surface area contributed by atoms with Gasteiger partial charge in [0.1, 0.15) is 17.8 Å². The summed E-state index contributed by atoms with van der Waals surface area (Å²) in [6.07, 6.45) is 2.85. The number of ether oxygens (including phenoxy) is 1. The van der Waals surface area contributed by atoms with E-state index in [4.69, 9.17) is 18.9 Å². The van der Waals surface area contributed by atoms with Crippen LogP contribution in [0.15, 0.2) is 34.7 Å². The van der Waals surface area contributed by atoms with Crippen molar-refractivity contribution in [3.05, 3.63) is 41.7 Å². The fraction of sp³-hybridized carbons (Fsp3) is 0.481. The van der Waals surface area contributed by atoms with Crippen LogP contribution in [0.2, 0.25) is 0 Å². The Morgan fingerprint density at radius 3 is 2.40 bits per heavy atom. The highest BCUT2D eigenvalue weighted by Gasteiger charge is 2.30. The van der Waals surface area contributed by atoms with Crippen molar-refractivity contribution in [3.8, 4) is 17.1 Å². The van der Waals surface area contributed by atoms with Crippen molar-refractivity contribution in [3.63, 3.8) is 0 Å². The minimum absolute atomic E-state index is 0.0471. The van der Waals surface area contributed by atoms with Crippen molar-refractivity contribution in [2.24, 2.45) is 5.92 Å². The van der Waals surface area contributed by atoms with Gasteiger partial charge in [-0.25, -0.2) is 5.06 Å². The van der Waals surface area contributed by atoms with Gasteiger partial charge in [-0.15, -0.1) is 0 Å². The van der Waals surface area contributed by atoms with Gasteiger partial charge in [0.25, 0.3) is 11.8 Å². The Labute approximate surface area is 243 Å². The number of unbranched alkanes of at least 4 members (excludes halogenated alkanes) is 2. The maximum atomic E-state index is 12.9. The number of hydrogen-bond acceptors (Lipinski definition) is 8. The number of carbonyl (C=O) groups is 4. The van der Waals surface area contributed by atoms with Crippen LogP contribution in [0.3, 0.4) is 0 Å². The van der Waals surface area contributed by atoms with Crippen LogP contribution in [-0.4, -0.2) is 69.8 Å². The number of furan rings is 1. The Hall–Kier alpha value is -3.71. The first-order valence-corrected chi connectivity index (χ1v) is 15.4. The molecule has 14 nitrogen and oxygen atoms in total. The van der Waals surface area contributed by atoms with Gasteiger partial charge in [0.15, 0.2) is 5.76 Å². The Morgan fingerprint density at radius 2 is 1.79 bits per heavy atom. The van der Waals surface area contributed by atoms with E-state index in [1.54, 1.807) is 13.8 Å². The first kappa shape index (κ1) is 34.5. The number of nitrogens with one attached hydrogen (secondary N) is 3. The number of carbonyl (C=O) groups excluding carboxylic acids is 4. The maximum absolute atomic E-state index is 12.9. The first-order chi connectivity index (χ1) is 19.9. The molecule has 1 aromatic carbocycles. The molecule has 0 aliphatic heterocycles. The molecule has 15 heteroatoms. The topological polar surface area (TPSA) is 208 Å². The van der Waals surface area contributed by atoms with Crippen LogP contribution in [0.5, 0.6) is 5.75 Å². The van der Waals surface area contributed by atoms with Crippen LogP contribution >= 0.6 is 7.60 Å². The summed E-state index contributed by atoms with van der Waals surface area (Å²) in [6.45, 7) is 5.49. The molecule has 6 N–H and O–H groups in total. The summed E-state index contributed by atoms with van der Waals surface area (Å²) >= 11 is 0. The summed E-state index contributed by atoms with van der Waals surface area (Å²) in [7, 11) is -4.44. The van der Waals surface area contributed by atoms with Crippen LogP contribution < -0.4 is 20.7 Å². The fourth-order valence-corrected chi connectivity index (χ4v) is 4.65. The molecule has 0 bridgehead atoms. The summed E-state index contributed by atoms with van der Waals surface area (Å²) in [6, 6.07) is 6.71. The Balaban J connectivity index is 2.07. The smallest absolute Gasteiger partial charge is 0.344 e. The monoisotopic (exact) mass is 610 g/mol. The van der Waals surface area contributed by atoms with Gasteiger partial charge < -0.3 is 34.9 Å². The molecule has 0 spiro atoms. The average molecular weight is 611 g/mol. The molecule has 0 saturated carbocycles. The van der Waals surface area contributed by atoms with E-state index in [0.29, 0.717) is 23.5 Å². The first-order valence-electron chi connectivity index (χ1n) is 13.6. The summed E-state index contributed by atoms with van der Waals surface area (Å²) in [5.41, 5.74) is 0.534. The van der Waals surface area contributed by atoms with Gasteiger partial charge in [0.2, 0.25) is 12.3 Å². The SMILES string of the molecule is CCCCCC(C(=O)NCNC(=O)c1ccc(-c2ccc(C(=O)NCP(=O)(O)O)c(OCC)c2)o1)C(CC)N(O)C=O. The second-order valence-corrected chi connectivity index (χ2v) is 11.1. The quantitative estimate of drug-likeness (QED) is 0.0363. The predicted octanol–water partition coefficient (Wildman–Crippen LogP) is 2.84. The molecule has 1 heterocycles. The molecule has 0 radical (unpaired) electrons. The van der Waals surface area contributed by atoms with Crippen molar-refractivity contribution < 1.29 is 47.9 Å². The lowest BCUT2D eigenvalue weighted by Crippen LogP contribution is -2.47. The summed E-state index contributed by atoms with van der Waals surface area (Å²) in [5, 5.41) is 17.8. The number of amides is 4. The molecule has 2 atom stereocenters. The molecule has 0 aliphatic rings. The maximum Gasteiger partial charge on any atom is 0.344 e. The van der Waals surface area contributed by atoms with E-state index in [1.807, 2.05) is 6.92 Å². The third-order valence-corrected chi connectivity index (χ3v) is 6.95. The molecular formula is C27H39N4O10P. The van der Waals surface area contributed by atoms with Gasteiger partial charge >= 0.3 is 7.60 Å². The highest BCUT2D eigenvalue weighted by Crippen LogP contribution is 2.33. The van der Waals surface area contributed by atoms with Gasteiger partial charge in [-0.3, -0.25) is 29.0 Å². The third kappa shape index (κ3) is 10.3. The van der Waals surface area contributed by atoms with E-state index >= 15 is 0 Å². The number of hydroxylamine groups is 2. The Bertz CT molecular complexity index is 1260. The zero-order chi connectivity index (χ0) is 31.3. The highest BCUT2D eigenvalue weighted by molar-refractivity contribution is 7.51. The van der Waals surface area contributed by atoms with Crippen molar-refractivity contribution in [2.45, 2.75) is 58.9 Å². The second-order valence-electron chi connectivity index (χ2n) is 9.42. The van der Waals surface area contributed by atoms with Crippen LogP contribution in [-0.2, 0) is 14.2 Å². The predicted molar refractivity (Wildman–Crippen MR) is 152 cm³/mol. The third-order valence-electron chi connectivity index (χ3n) is 6.38. The lowest BCUT2D eigenvalue weighted by atomic mass is 9.90. The van der Waals surface area contributed by atoms with Gasteiger partial charge in [0.05, 0.1) is 30.8 Å². The molecule has 4 amide bonds. The number of hydrogen-bond donors (Lipinski definition) is 6. The minimum atomic E-state index is -4.44. The van der Waals surface area contributed by atoms with Gasteiger partial charge in [-0.1, -0.05) is 39.2 Å². The Kier molecular flexibility index (Phi) is 13.7. The summed E-state index contributed by atoms with van der Waals surface area (Å²) in [5.74, 6) is -2.02. The standard InChI is InChI=1S/C27H39N4O10P/c1-4-7-8-9-19(21(5-2)31(36)17-32)25(33)28-15-29-27(35)23-13-12-22(41-23)18-10-11-20(24(14-18)40-6-3)26(34)30-16-42(37,38)39/h10-14,17,19,21,36H,4-9,15-16H2,1-3H3,(H,28,33)(H,29,35)(H,30,34)(H2,37,38,39). The van der Waals surface area contributed by atoms with Crippen LogP contribution in [0.1, 0.15) is 73.8 Å². The molecule has 1 aromatic heterocycles. The van der Waals surface area contributed by atoms with Crippen molar-refractivity contribution in [2.75, 3.05) is 19.6 Å². The van der Waals surface area contributed by atoms with Crippen LogP contribution in [0.4, 0.5) is 0 Å². The van der Waals surface area contributed by atoms with Crippen molar-refractivity contribution in [1.82, 2.24) is 21.0 Å².